The molecule has 0 bridgehead atoms. The Balaban J connectivity index is 3.43. The van der Waals surface area contributed by atoms with Crippen LogP contribution in [0.4, 0.5) is 0 Å². The number of methoxy groups -OCH3 is 2. The lowest BCUT2D eigenvalue weighted by Gasteiger charge is -2.07. The van der Waals surface area contributed by atoms with Crippen LogP contribution >= 0.6 is 0 Å². The molecule has 0 aliphatic heterocycles. The molecule has 0 spiro atoms. The van der Waals surface area contributed by atoms with E-state index in [-0.39, 0.29) is 0 Å². The van der Waals surface area contributed by atoms with Crippen molar-refractivity contribution in [3.05, 3.63) is 23.3 Å². The number of ether oxygens (including phenoxy) is 2. The monoisotopic (exact) mass is 188 g/mol. The molecule has 0 saturated carbocycles. The Morgan fingerprint density at radius 1 is 1.00 bits per heavy atom. The lowest BCUT2D eigenvalue weighted by Crippen LogP contribution is -1.94. The molecule has 0 unspecified atom stereocenters. The van der Waals surface area contributed by atoms with Crippen molar-refractivity contribution in [2.24, 2.45) is 0 Å². The minimum absolute atomic E-state index is 0.300. The van der Waals surface area contributed by atoms with Crippen LogP contribution in [0.5, 0.6) is 11.5 Å². The molecule has 0 amide bonds. The summed E-state index contributed by atoms with van der Waals surface area (Å²) in [5, 5.41) is 17.5. The second-order valence-corrected chi connectivity index (χ2v) is 2.48. The number of benzene rings is 1. The fourth-order valence-electron chi connectivity index (χ4n) is 1.09. The molecule has 0 fully saturated rings. The minimum Gasteiger partial charge on any atom is -0.495 e. The maximum atomic E-state index is 8.83. The van der Waals surface area contributed by atoms with Gasteiger partial charge in [0.25, 0.3) is 0 Å². The van der Waals surface area contributed by atoms with E-state index in [0.29, 0.717) is 22.6 Å². The first-order valence-corrected chi connectivity index (χ1v) is 3.83. The van der Waals surface area contributed by atoms with Crippen LogP contribution < -0.4 is 9.47 Å². The molecule has 0 aromatic heterocycles. The smallest absolute Gasteiger partial charge is 0.141 e. The number of nitriles is 2. The summed E-state index contributed by atoms with van der Waals surface area (Å²) in [5.41, 5.74) is 0.701. The molecule has 0 aliphatic carbocycles. The van der Waals surface area contributed by atoms with Crippen LogP contribution in [-0.4, -0.2) is 14.2 Å². The quantitative estimate of drug-likeness (QED) is 0.704. The van der Waals surface area contributed by atoms with Gasteiger partial charge in [-0.15, -0.1) is 0 Å². The molecule has 0 saturated heterocycles. The van der Waals surface area contributed by atoms with Crippen molar-refractivity contribution in [1.29, 1.82) is 10.5 Å². The summed E-state index contributed by atoms with van der Waals surface area (Å²) < 4.78 is 9.94. The predicted molar refractivity (Wildman–Crippen MR) is 49.0 cm³/mol. The summed E-state index contributed by atoms with van der Waals surface area (Å²) in [6.45, 7) is 0. The topological polar surface area (TPSA) is 66.0 Å². The van der Waals surface area contributed by atoms with E-state index in [1.807, 2.05) is 12.1 Å². The molecule has 4 heteroatoms. The first-order valence-electron chi connectivity index (χ1n) is 3.83. The molecule has 0 N–H and O–H groups in total. The maximum absolute atomic E-state index is 8.83. The molecular formula is C10H8N2O2. The third-order valence-electron chi connectivity index (χ3n) is 1.75. The van der Waals surface area contributed by atoms with E-state index in [1.54, 1.807) is 0 Å². The largest absolute Gasteiger partial charge is 0.495 e. The Bertz CT molecular complexity index is 402. The van der Waals surface area contributed by atoms with Crippen molar-refractivity contribution in [3.63, 3.8) is 0 Å². The Morgan fingerprint density at radius 3 is 1.79 bits per heavy atom. The van der Waals surface area contributed by atoms with Crippen molar-refractivity contribution in [1.82, 2.24) is 0 Å². The minimum atomic E-state index is 0.300. The van der Waals surface area contributed by atoms with Gasteiger partial charge < -0.3 is 9.47 Å². The SMILES string of the molecule is COc1cc(C#N)cc(OC)c1C#N. The summed E-state index contributed by atoms with van der Waals surface area (Å²) in [4.78, 5) is 0. The van der Waals surface area contributed by atoms with Crippen molar-refractivity contribution >= 4 is 0 Å². The van der Waals surface area contributed by atoms with E-state index in [1.165, 1.54) is 26.4 Å². The number of hydrogen-bond donors (Lipinski definition) is 0. The van der Waals surface area contributed by atoms with Gasteiger partial charge in [-0.05, 0) is 12.1 Å². The van der Waals surface area contributed by atoms with E-state index in [4.69, 9.17) is 20.0 Å². The Hall–Kier alpha value is -2.20. The van der Waals surface area contributed by atoms with Crippen LogP contribution in [-0.2, 0) is 0 Å². The molecule has 0 heterocycles. The van der Waals surface area contributed by atoms with Crippen LogP contribution in [0.1, 0.15) is 11.1 Å². The van der Waals surface area contributed by atoms with Crippen LogP contribution in [0.3, 0.4) is 0 Å². The van der Waals surface area contributed by atoms with Gasteiger partial charge in [0.1, 0.15) is 23.1 Å². The Kier molecular flexibility index (Phi) is 2.93. The highest BCUT2D eigenvalue weighted by Crippen LogP contribution is 2.29. The molecule has 1 aromatic carbocycles. The van der Waals surface area contributed by atoms with Crippen molar-refractivity contribution in [2.75, 3.05) is 14.2 Å². The zero-order valence-electron chi connectivity index (χ0n) is 7.87. The predicted octanol–water partition coefficient (Wildman–Crippen LogP) is 1.45. The molecule has 1 aromatic rings. The summed E-state index contributed by atoms with van der Waals surface area (Å²) >= 11 is 0. The van der Waals surface area contributed by atoms with Crippen LogP contribution in [0.2, 0.25) is 0 Å². The van der Waals surface area contributed by atoms with Gasteiger partial charge in [-0.25, -0.2) is 0 Å². The fourth-order valence-corrected chi connectivity index (χ4v) is 1.09. The second kappa shape index (κ2) is 4.15. The van der Waals surface area contributed by atoms with Crippen molar-refractivity contribution in [2.45, 2.75) is 0 Å². The Morgan fingerprint density at radius 2 is 1.50 bits per heavy atom. The number of rotatable bonds is 2. The third kappa shape index (κ3) is 1.60. The van der Waals surface area contributed by atoms with Gasteiger partial charge in [-0.2, -0.15) is 10.5 Å². The number of hydrogen-bond acceptors (Lipinski definition) is 4. The van der Waals surface area contributed by atoms with E-state index >= 15 is 0 Å². The summed E-state index contributed by atoms with van der Waals surface area (Å²) in [6, 6.07) is 6.92. The van der Waals surface area contributed by atoms with Crippen molar-refractivity contribution in [3.8, 4) is 23.6 Å². The standard InChI is InChI=1S/C10H8N2O2/c1-13-9-3-7(5-11)4-10(14-2)8(9)6-12/h3-4H,1-2H3. The average Bonchev–Trinajstić information content (AvgIpc) is 2.26. The fraction of sp³-hybridized carbons (Fsp3) is 0.200. The lowest BCUT2D eigenvalue weighted by molar-refractivity contribution is 0.392. The molecule has 4 nitrogen and oxygen atoms in total. The van der Waals surface area contributed by atoms with E-state index in [2.05, 4.69) is 0 Å². The van der Waals surface area contributed by atoms with Gasteiger partial charge in [0.15, 0.2) is 0 Å². The molecule has 0 aliphatic rings. The highest BCUT2D eigenvalue weighted by Gasteiger charge is 2.11. The average molecular weight is 188 g/mol. The summed E-state index contributed by atoms with van der Waals surface area (Å²) in [6.07, 6.45) is 0. The van der Waals surface area contributed by atoms with Gasteiger partial charge in [-0.1, -0.05) is 0 Å². The Labute approximate surface area is 81.9 Å². The molecular weight excluding hydrogens is 180 g/mol. The van der Waals surface area contributed by atoms with Gasteiger partial charge in [0.2, 0.25) is 0 Å². The van der Waals surface area contributed by atoms with Crippen LogP contribution in [0.25, 0.3) is 0 Å². The maximum Gasteiger partial charge on any atom is 0.141 e. The summed E-state index contributed by atoms with van der Waals surface area (Å²) in [5.74, 6) is 0.701. The van der Waals surface area contributed by atoms with Crippen molar-refractivity contribution < 1.29 is 9.47 Å². The molecule has 0 atom stereocenters. The summed E-state index contributed by atoms with van der Waals surface area (Å²) in [7, 11) is 2.88. The lowest BCUT2D eigenvalue weighted by atomic mass is 10.1. The zero-order valence-corrected chi connectivity index (χ0v) is 7.87. The van der Waals surface area contributed by atoms with E-state index < -0.39 is 0 Å². The highest BCUT2D eigenvalue weighted by atomic mass is 16.5. The first kappa shape index (κ1) is 9.88. The normalized spacial score (nSPS) is 8.57. The van der Waals surface area contributed by atoms with Crippen LogP contribution in [0.15, 0.2) is 12.1 Å². The highest BCUT2D eigenvalue weighted by molar-refractivity contribution is 5.57. The van der Waals surface area contributed by atoms with Gasteiger partial charge in [-0.3, -0.25) is 0 Å². The van der Waals surface area contributed by atoms with Gasteiger partial charge in [0, 0.05) is 0 Å². The van der Waals surface area contributed by atoms with Gasteiger partial charge in [0.05, 0.1) is 25.9 Å². The zero-order chi connectivity index (χ0) is 10.6. The third-order valence-corrected chi connectivity index (χ3v) is 1.75. The molecule has 0 radical (unpaired) electrons. The molecule has 14 heavy (non-hydrogen) atoms. The van der Waals surface area contributed by atoms with E-state index in [9.17, 15) is 0 Å². The van der Waals surface area contributed by atoms with Gasteiger partial charge >= 0.3 is 0 Å². The molecule has 70 valence electrons. The first-order chi connectivity index (χ1) is 6.76. The molecule has 1 rings (SSSR count). The second-order valence-electron chi connectivity index (χ2n) is 2.48. The van der Waals surface area contributed by atoms with Crippen LogP contribution in [0, 0.1) is 22.7 Å². The number of nitrogens with zero attached hydrogens (tertiary/aromatic N) is 2. The van der Waals surface area contributed by atoms with E-state index in [0.717, 1.165) is 0 Å².